The van der Waals surface area contributed by atoms with Gasteiger partial charge in [-0.05, 0) is 13.0 Å². The van der Waals surface area contributed by atoms with E-state index in [9.17, 15) is 4.79 Å². The summed E-state index contributed by atoms with van der Waals surface area (Å²) < 4.78 is 5.67. The van der Waals surface area contributed by atoms with Gasteiger partial charge in [0.1, 0.15) is 0 Å². The molecule has 0 spiro atoms. The summed E-state index contributed by atoms with van der Waals surface area (Å²) in [6.07, 6.45) is 3.30. The number of aromatic amines is 1. The fraction of sp³-hybridized carbons (Fsp3) is 0.143. The number of hydrogen-bond acceptors (Lipinski definition) is 4. The number of anilines is 1. The van der Waals surface area contributed by atoms with E-state index in [2.05, 4.69) is 10.2 Å². The highest BCUT2D eigenvalue weighted by Gasteiger charge is 2.30. The minimum absolute atomic E-state index is 0.237. The second-order valence-electron chi connectivity index (χ2n) is 4.57. The van der Waals surface area contributed by atoms with Gasteiger partial charge < -0.3 is 10.5 Å². The highest BCUT2D eigenvalue weighted by molar-refractivity contribution is 6.03. The molecule has 0 aliphatic carbocycles. The van der Waals surface area contributed by atoms with Crippen molar-refractivity contribution in [3.8, 4) is 0 Å². The van der Waals surface area contributed by atoms with Crippen molar-refractivity contribution in [1.82, 2.24) is 10.2 Å². The fourth-order valence-corrected chi connectivity index (χ4v) is 2.23. The standard InChI is InChI=1S/C14H14N4O2/c1-9-3-2-4-10(5-9)13-12(14(15)19)18(8-20-13)11-6-16-17-7-11/h2-7H,8H2,1H3,(H2,15,19)(H,16,17). The Balaban J connectivity index is 2.09. The summed E-state index contributed by atoms with van der Waals surface area (Å²) in [6, 6.07) is 7.75. The van der Waals surface area contributed by atoms with Gasteiger partial charge in [-0.3, -0.25) is 14.8 Å². The van der Waals surface area contributed by atoms with E-state index in [0.717, 1.165) is 16.8 Å². The molecule has 1 aliphatic rings. The Labute approximate surface area is 115 Å². The van der Waals surface area contributed by atoms with Gasteiger partial charge in [0, 0.05) is 11.8 Å². The molecule has 0 saturated carbocycles. The van der Waals surface area contributed by atoms with Gasteiger partial charge in [0.25, 0.3) is 5.91 Å². The maximum absolute atomic E-state index is 11.8. The van der Waals surface area contributed by atoms with Crippen molar-refractivity contribution in [3.63, 3.8) is 0 Å². The minimum Gasteiger partial charge on any atom is -0.470 e. The van der Waals surface area contributed by atoms with Crippen LogP contribution in [-0.4, -0.2) is 22.8 Å². The molecular formula is C14H14N4O2. The molecule has 2 aromatic rings. The Bertz CT molecular complexity index is 676. The first kappa shape index (κ1) is 12.3. The summed E-state index contributed by atoms with van der Waals surface area (Å²) in [7, 11) is 0. The zero-order valence-corrected chi connectivity index (χ0v) is 11.0. The molecule has 0 fully saturated rings. The van der Waals surface area contributed by atoms with Crippen LogP contribution in [-0.2, 0) is 9.53 Å². The van der Waals surface area contributed by atoms with E-state index in [4.69, 9.17) is 10.5 Å². The summed E-state index contributed by atoms with van der Waals surface area (Å²) in [5.41, 5.74) is 8.52. The largest absolute Gasteiger partial charge is 0.470 e. The van der Waals surface area contributed by atoms with Crippen LogP contribution in [0.15, 0.2) is 42.4 Å². The fourth-order valence-electron chi connectivity index (χ4n) is 2.23. The van der Waals surface area contributed by atoms with Crippen LogP contribution in [0.2, 0.25) is 0 Å². The number of amides is 1. The second kappa shape index (κ2) is 4.73. The highest BCUT2D eigenvalue weighted by Crippen LogP contribution is 2.32. The number of ether oxygens (including phenoxy) is 1. The van der Waals surface area contributed by atoms with Gasteiger partial charge in [0.2, 0.25) is 0 Å². The molecule has 6 heteroatoms. The molecule has 6 nitrogen and oxygen atoms in total. The van der Waals surface area contributed by atoms with E-state index in [-0.39, 0.29) is 6.73 Å². The van der Waals surface area contributed by atoms with Crippen LogP contribution in [0.3, 0.4) is 0 Å². The molecule has 0 radical (unpaired) electrons. The summed E-state index contributed by atoms with van der Waals surface area (Å²) >= 11 is 0. The zero-order valence-electron chi connectivity index (χ0n) is 11.0. The van der Waals surface area contributed by atoms with Gasteiger partial charge in [-0.2, -0.15) is 5.10 Å². The molecule has 1 aromatic heterocycles. The van der Waals surface area contributed by atoms with Crippen molar-refractivity contribution in [2.75, 3.05) is 11.6 Å². The molecule has 3 N–H and O–H groups in total. The minimum atomic E-state index is -0.528. The van der Waals surface area contributed by atoms with E-state index < -0.39 is 5.91 Å². The van der Waals surface area contributed by atoms with Crippen LogP contribution in [0.25, 0.3) is 5.76 Å². The highest BCUT2D eigenvalue weighted by atomic mass is 16.5. The Kier molecular flexibility index (Phi) is 2.90. The van der Waals surface area contributed by atoms with E-state index in [1.807, 2.05) is 31.2 Å². The number of primary amides is 1. The first-order valence-electron chi connectivity index (χ1n) is 6.17. The quantitative estimate of drug-likeness (QED) is 0.882. The lowest BCUT2D eigenvalue weighted by Crippen LogP contribution is -2.28. The predicted molar refractivity (Wildman–Crippen MR) is 74.3 cm³/mol. The van der Waals surface area contributed by atoms with Gasteiger partial charge in [-0.15, -0.1) is 0 Å². The number of rotatable bonds is 3. The van der Waals surface area contributed by atoms with Crippen molar-refractivity contribution >= 4 is 17.4 Å². The number of nitrogens with one attached hydrogen (secondary N) is 1. The Morgan fingerprint density at radius 3 is 3.00 bits per heavy atom. The van der Waals surface area contributed by atoms with Crippen LogP contribution in [0.1, 0.15) is 11.1 Å². The van der Waals surface area contributed by atoms with Crippen molar-refractivity contribution in [1.29, 1.82) is 0 Å². The van der Waals surface area contributed by atoms with Crippen LogP contribution in [0, 0.1) is 6.92 Å². The predicted octanol–water partition coefficient (Wildman–Crippen LogP) is 1.37. The molecule has 102 valence electrons. The van der Waals surface area contributed by atoms with Gasteiger partial charge >= 0.3 is 0 Å². The number of hydrogen-bond donors (Lipinski definition) is 2. The molecule has 1 aliphatic heterocycles. The SMILES string of the molecule is Cc1cccc(C2=C(C(N)=O)N(c3cn[nH]c3)CO2)c1. The Morgan fingerprint density at radius 2 is 2.35 bits per heavy atom. The van der Waals surface area contributed by atoms with Crippen molar-refractivity contribution < 1.29 is 9.53 Å². The molecule has 1 amide bonds. The van der Waals surface area contributed by atoms with E-state index in [1.54, 1.807) is 17.3 Å². The van der Waals surface area contributed by atoms with Crippen LogP contribution in [0.5, 0.6) is 0 Å². The Morgan fingerprint density at radius 1 is 1.50 bits per heavy atom. The van der Waals surface area contributed by atoms with Crippen LogP contribution >= 0.6 is 0 Å². The van der Waals surface area contributed by atoms with E-state index in [0.29, 0.717) is 11.5 Å². The first-order chi connectivity index (χ1) is 9.66. The van der Waals surface area contributed by atoms with Gasteiger partial charge in [0.15, 0.2) is 18.2 Å². The van der Waals surface area contributed by atoms with Gasteiger partial charge in [-0.25, -0.2) is 0 Å². The maximum Gasteiger partial charge on any atom is 0.269 e. The second-order valence-corrected chi connectivity index (χ2v) is 4.57. The number of carbonyl (C=O) groups is 1. The molecule has 1 aromatic carbocycles. The lowest BCUT2D eigenvalue weighted by Gasteiger charge is -2.14. The number of aryl methyl sites for hydroxylation is 1. The summed E-state index contributed by atoms with van der Waals surface area (Å²) in [5.74, 6) is -0.0254. The molecule has 0 unspecified atom stereocenters. The molecule has 0 bridgehead atoms. The third-order valence-corrected chi connectivity index (χ3v) is 3.13. The number of carbonyl (C=O) groups excluding carboxylic acids is 1. The lowest BCUT2D eigenvalue weighted by molar-refractivity contribution is -0.114. The zero-order chi connectivity index (χ0) is 14.1. The van der Waals surface area contributed by atoms with Gasteiger partial charge in [0.05, 0.1) is 11.9 Å². The average molecular weight is 270 g/mol. The van der Waals surface area contributed by atoms with E-state index >= 15 is 0 Å². The third-order valence-electron chi connectivity index (χ3n) is 3.13. The monoisotopic (exact) mass is 270 g/mol. The molecule has 0 atom stereocenters. The number of H-pyrrole nitrogens is 1. The summed E-state index contributed by atoms with van der Waals surface area (Å²) in [4.78, 5) is 13.5. The number of nitrogens with zero attached hydrogens (tertiary/aromatic N) is 2. The van der Waals surface area contributed by atoms with Crippen molar-refractivity contribution in [3.05, 3.63) is 53.5 Å². The smallest absolute Gasteiger partial charge is 0.269 e. The Hall–Kier alpha value is -2.76. The topological polar surface area (TPSA) is 84.2 Å². The maximum atomic E-state index is 11.8. The third kappa shape index (κ3) is 2.01. The summed E-state index contributed by atoms with van der Waals surface area (Å²) in [5, 5.41) is 6.58. The molecule has 2 heterocycles. The van der Waals surface area contributed by atoms with Crippen molar-refractivity contribution in [2.24, 2.45) is 5.73 Å². The first-order valence-corrected chi connectivity index (χ1v) is 6.17. The molecule has 0 saturated heterocycles. The van der Waals surface area contributed by atoms with Gasteiger partial charge in [-0.1, -0.05) is 23.8 Å². The lowest BCUT2D eigenvalue weighted by atomic mass is 10.1. The average Bonchev–Trinajstić information content (AvgIpc) is 3.07. The molecule has 3 rings (SSSR count). The van der Waals surface area contributed by atoms with Crippen LogP contribution in [0.4, 0.5) is 5.69 Å². The number of benzene rings is 1. The van der Waals surface area contributed by atoms with Crippen LogP contribution < -0.4 is 10.6 Å². The number of nitrogens with two attached hydrogens (primary N) is 1. The molecular weight excluding hydrogens is 256 g/mol. The van der Waals surface area contributed by atoms with Crippen molar-refractivity contribution in [2.45, 2.75) is 6.92 Å². The number of aromatic nitrogens is 2. The summed E-state index contributed by atoms with van der Waals surface area (Å²) in [6.45, 7) is 2.22. The van der Waals surface area contributed by atoms with E-state index in [1.165, 1.54) is 0 Å². The normalized spacial score (nSPS) is 14.6. The molecule has 20 heavy (non-hydrogen) atoms.